The second-order valence-corrected chi connectivity index (χ2v) is 5.82. The van der Waals surface area contributed by atoms with E-state index in [0.29, 0.717) is 6.54 Å². The van der Waals surface area contributed by atoms with Crippen LogP contribution >= 0.6 is 0 Å². The molecular weight excluding hydrogens is 332 g/mol. The molecule has 2 amide bonds. The highest BCUT2D eigenvalue weighted by atomic mass is 79.9. The van der Waals surface area contributed by atoms with Crippen LogP contribution in [0.15, 0.2) is 42.5 Å². The van der Waals surface area contributed by atoms with Gasteiger partial charge in [-0.2, -0.15) is 0 Å². The average molecular weight is 353 g/mol. The molecule has 1 aromatic rings. The van der Waals surface area contributed by atoms with Gasteiger partial charge < -0.3 is 21.5 Å². The maximum Gasteiger partial charge on any atom is 0.253 e. The Labute approximate surface area is 136 Å². The van der Waals surface area contributed by atoms with Gasteiger partial charge in [-0.05, 0) is 0 Å². The lowest BCUT2D eigenvalue weighted by molar-refractivity contribution is -0.903. The van der Waals surface area contributed by atoms with Gasteiger partial charge in [0.05, 0.1) is 20.6 Å². The standard InChI is InChI=1S/C16H21N2O2.BrH/c1-18(2,13-14-7-4-3-5-8-14)12-6-11-17-15(19)9-10-16(17)20;/h3-5,7-10H,6,11-13H2,1-2H3;1H/q+1;/p-1. The first kappa shape index (κ1) is 17.6. The van der Waals surface area contributed by atoms with Crippen molar-refractivity contribution in [1.29, 1.82) is 0 Å². The SMILES string of the molecule is C[N+](C)(CCCN1C(=O)C=CC1=O)Cc1ccccc1.[Br-]. The molecule has 2 rings (SSSR count). The highest BCUT2D eigenvalue weighted by Crippen LogP contribution is 2.11. The zero-order valence-electron chi connectivity index (χ0n) is 12.5. The molecule has 0 spiro atoms. The molecular formula is C16H21BrN2O2. The minimum Gasteiger partial charge on any atom is -1.00 e. The van der Waals surface area contributed by atoms with Gasteiger partial charge in [0.1, 0.15) is 6.54 Å². The summed E-state index contributed by atoms with van der Waals surface area (Å²) in [5.74, 6) is -0.383. The lowest BCUT2D eigenvalue weighted by Gasteiger charge is -2.30. The summed E-state index contributed by atoms with van der Waals surface area (Å²) in [6, 6.07) is 10.3. The second-order valence-electron chi connectivity index (χ2n) is 5.82. The molecule has 0 bridgehead atoms. The van der Waals surface area contributed by atoms with E-state index in [2.05, 4.69) is 26.2 Å². The minimum absolute atomic E-state index is 0. The zero-order valence-corrected chi connectivity index (χ0v) is 14.0. The zero-order chi connectivity index (χ0) is 14.6. The largest absolute Gasteiger partial charge is 1.00 e. The summed E-state index contributed by atoms with van der Waals surface area (Å²) in [6.07, 6.45) is 3.50. The number of carbonyl (C=O) groups excluding carboxylic acids is 2. The number of halogens is 1. The molecule has 0 unspecified atom stereocenters. The van der Waals surface area contributed by atoms with Crippen molar-refractivity contribution in [3.8, 4) is 0 Å². The van der Waals surface area contributed by atoms with Gasteiger partial charge in [-0.1, -0.05) is 30.3 Å². The maximum atomic E-state index is 11.4. The highest BCUT2D eigenvalue weighted by molar-refractivity contribution is 6.12. The van der Waals surface area contributed by atoms with Crippen molar-refractivity contribution in [2.24, 2.45) is 0 Å². The van der Waals surface area contributed by atoms with Crippen molar-refractivity contribution in [2.75, 3.05) is 27.2 Å². The van der Waals surface area contributed by atoms with E-state index >= 15 is 0 Å². The van der Waals surface area contributed by atoms with Crippen LogP contribution in [0.2, 0.25) is 0 Å². The van der Waals surface area contributed by atoms with Crippen LogP contribution in [0.4, 0.5) is 0 Å². The fourth-order valence-corrected chi connectivity index (χ4v) is 2.47. The summed E-state index contributed by atoms with van der Waals surface area (Å²) in [5.41, 5.74) is 1.30. The van der Waals surface area contributed by atoms with E-state index in [1.807, 2.05) is 18.2 Å². The molecule has 0 saturated heterocycles. The first-order chi connectivity index (χ1) is 9.48. The van der Waals surface area contributed by atoms with Crippen LogP contribution in [-0.4, -0.2) is 48.4 Å². The van der Waals surface area contributed by atoms with Crippen LogP contribution in [-0.2, 0) is 16.1 Å². The summed E-state index contributed by atoms with van der Waals surface area (Å²) in [5, 5.41) is 0. The summed E-state index contributed by atoms with van der Waals surface area (Å²) in [7, 11) is 4.33. The maximum absolute atomic E-state index is 11.4. The van der Waals surface area contributed by atoms with E-state index in [1.165, 1.54) is 22.6 Å². The summed E-state index contributed by atoms with van der Waals surface area (Å²) in [6.45, 7) is 2.37. The predicted octanol–water partition coefficient (Wildman–Crippen LogP) is -1.42. The molecule has 4 nitrogen and oxygen atoms in total. The predicted molar refractivity (Wildman–Crippen MR) is 77.6 cm³/mol. The summed E-state index contributed by atoms with van der Waals surface area (Å²) < 4.78 is 0.841. The number of hydrogen-bond donors (Lipinski definition) is 0. The van der Waals surface area contributed by atoms with Gasteiger partial charge in [0.15, 0.2) is 0 Å². The van der Waals surface area contributed by atoms with Crippen molar-refractivity contribution in [2.45, 2.75) is 13.0 Å². The van der Waals surface area contributed by atoms with E-state index in [-0.39, 0.29) is 28.8 Å². The molecule has 0 saturated carbocycles. The van der Waals surface area contributed by atoms with Crippen LogP contribution in [0.5, 0.6) is 0 Å². The number of hydrogen-bond acceptors (Lipinski definition) is 2. The third-order valence-electron chi connectivity index (χ3n) is 3.50. The van der Waals surface area contributed by atoms with Gasteiger partial charge >= 0.3 is 0 Å². The topological polar surface area (TPSA) is 37.4 Å². The van der Waals surface area contributed by atoms with Gasteiger partial charge in [-0.3, -0.25) is 14.5 Å². The number of carbonyl (C=O) groups is 2. The number of quaternary nitrogens is 1. The fraction of sp³-hybridized carbons (Fsp3) is 0.375. The van der Waals surface area contributed by atoms with Crippen molar-refractivity contribution >= 4 is 11.8 Å². The van der Waals surface area contributed by atoms with Gasteiger partial charge in [0.2, 0.25) is 0 Å². The molecule has 21 heavy (non-hydrogen) atoms. The molecule has 0 aromatic heterocycles. The van der Waals surface area contributed by atoms with Gasteiger partial charge in [0, 0.05) is 30.7 Å². The Balaban J connectivity index is 0.00000220. The van der Waals surface area contributed by atoms with Crippen LogP contribution in [0, 0.1) is 0 Å². The van der Waals surface area contributed by atoms with E-state index in [9.17, 15) is 9.59 Å². The lowest BCUT2D eigenvalue weighted by Crippen LogP contribution is -3.00. The number of imide groups is 1. The highest BCUT2D eigenvalue weighted by Gasteiger charge is 2.24. The molecule has 1 aromatic carbocycles. The molecule has 0 aliphatic carbocycles. The Hall–Kier alpha value is -1.46. The molecule has 0 fully saturated rings. The first-order valence-corrected chi connectivity index (χ1v) is 6.87. The van der Waals surface area contributed by atoms with Crippen molar-refractivity contribution < 1.29 is 31.1 Å². The van der Waals surface area contributed by atoms with Crippen LogP contribution in [0.1, 0.15) is 12.0 Å². The Morgan fingerprint density at radius 3 is 2.14 bits per heavy atom. The van der Waals surface area contributed by atoms with E-state index in [4.69, 9.17) is 0 Å². The number of rotatable bonds is 6. The minimum atomic E-state index is -0.191. The van der Waals surface area contributed by atoms with E-state index in [1.54, 1.807) is 0 Å². The van der Waals surface area contributed by atoms with Crippen molar-refractivity contribution in [1.82, 2.24) is 4.90 Å². The quantitative estimate of drug-likeness (QED) is 0.465. The average Bonchev–Trinajstić information content (AvgIpc) is 2.71. The van der Waals surface area contributed by atoms with E-state index in [0.717, 1.165) is 24.0 Å². The molecule has 5 heteroatoms. The second kappa shape index (κ2) is 7.52. The smallest absolute Gasteiger partial charge is 0.253 e. The normalized spacial score (nSPS) is 14.5. The Kier molecular flexibility index (Phi) is 6.30. The van der Waals surface area contributed by atoms with Crippen molar-refractivity contribution in [3.05, 3.63) is 48.0 Å². The number of nitrogens with zero attached hydrogens (tertiary/aromatic N) is 2. The van der Waals surface area contributed by atoms with Crippen LogP contribution in [0.3, 0.4) is 0 Å². The lowest BCUT2D eigenvalue weighted by atomic mass is 10.2. The van der Waals surface area contributed by atoms with Gasteiger partial charge in [-0.25, -0.2) is 0 Å². The summed E-state index contributed by atoms with van der Waals surface area (Å²) in [4.78, 5) is 24.2. The Morgan fingerprint density at radius 2 is 1.57 bits per heavy atom. The van der Waals surface area contributed by atoms with E-state index < -0.39 is 0 Å². The van der Waals surface area contributed by atoms with Gasteiger partial charge in [0.25, 0.3) is 11.8 Å². The molecule has 0 radical (unpaired) electrons. The van der Waals surface area contributed by atoms with Crippen LogP contribution < -0.4 is 17.0 Å². The van der Waals surface area contributed by atoms with Crippen LogP contribution in [0.25, 0.3) is 0 Å². The third kappa shape index (κ3) is 5.10. The molecule has 0 N–H and O–H groups in total. The Bertz CT molecular complexity index is 508. The monoisotopic (exact) mass is 352 g/mol. The molecule has 114 valence electrons. The Morgan fingerprint density at radius 1 is 1.00 bits per heavy atom. The third-order valence-corrected chi connectivity index (χ3v) is 3.50. The first-order valence-electron chi connectivity index (χ1n) is 6.87. The molecule has 1 aliphatic heterocycles. The molecule has 0 atom stereocenters. The fourth-order valence-electron chi connectivity index (χ4n) is 2.47. The van der Waals surface area contributed by atoms with Crippen molar-refractivity contribution in [3.63, 3.8) is 0 Å². The number of amides is 2. The molecule has 1 heterocycles. The number of benzene rings is 1. The van der Waals surface area contributed by atoms with Gasteiger partial charge in [-0.15, -0.1) is 0 Å². The molecule has 1 aliphatic rings. The summed E-state index contributed by atoms with van der Waals surface area (Å²) >= 11 is 0.